The van der Waals surface area contributed by atoms with Gasteiger partial charge < -0.3 is 33.6 Å². The molecule has 1 heterocycles. The summed E-state index contributed by atoms with van der Waals surface area (Å²) in [5.41, 5.74) is 2.33. The van der Waals surface area contributed by atoms with E-state index in [9.17, 15) is 14.4 Å². The van der Waals surface area contributed by atoms with Crippen molar-refractivity contribution in [1.29, 1.82) is 0 Å². The number of anilines is 1. The third kappa shape index (κ3) is 12.8. The van der Waals surface area contributed by atoms with Crippen molar-refractivity contribution in [3.63, 3.8) is 0 Å². The number of aryl methyl sites for hydroxylation is 1. The maximum atomic E-state index is 13.6. The minimum Gasteiger partial charge on any atom is -0.493 e. The average molecular weight is 736 g/mol. The van der Waals surface area contributed by atoms with Crippen LogP contribution in [-0.4, -0.2) is 82.0 Å². The van der Waals surface area contributed by atoms with Gasteiger partial charge in [-0.3, -0.25) is 4.90 Å². The quantitative estimate of drug-likeness (QED) is 0.0580. The largest absolute Gasteiger partial charge is 0.493 e. The molecule has 2 amide bonds. The van der Waals surface area contributed by atoms with E-state index in [2.05, 4.69) is 37.9 Å². The van der Waals surface area contributed by atoms with Gasteiger partial charge in [0.2, 0.25) is 5.75 Å². The summed E-state index contributed by atoms with van der Waals surface area (Å²) in [6.07, 6.45) is 10.5. The van der Waals surface area contributed by atoms with Crippen molar-refractivity contribution in [3.8, 4) is 17.2 Å². The number of amides is 2. The van der Waals surface area contributed by atoms with Gasteiger partial charge in [-0.05, 0) is 87.2 Å². The molecule has 3 rings (SSSR count). The third-order valence-corrected chi connectivity index (χ3v) is 9.32. The van der Waals surface area contributed by atoms with E-state index in [-0.39, 0.29) is 12.5 Å². The van der Waals surface area contributed by atoms with Gasteiger partial charge in [0, 0.05) is 54.8 Å². The second kappa shape index (κ2) is 22.5. The molecule has 0 aliphatic heterocycles. The number of ether oxygens (including phenoxy) is 4. The van der Waals surface area contributed by atoms with Gasteiger partial charge in [0.05, 0.1) is 21.3 Å². The smallest absolute Gasteiger partial charge is 0.339 e. The topological polar surface area (TPSA) is 120 Å². The summed E-state index contributed by atoms with van der Waals surface area (Å²) in [5.74, 6) is 0.851. The highest BCUT2D eigenvalue weighted by molar-refractivity contribution is 5.93. The molecule has 0 aliphatic rings. The Kier molecular flexibility index (Phi) is 18.2. The lowest BCUT2D eigenvalue weighted by atomic mass is 10.0. The molecule has 0 aliphatic carbocycles. The minimum absolute atomic E-state index is 0.165. The lowest BCUT2D eigenvalue weighted by Crippen LogP contribution is -2.38. The number of benzene rings is 2. The van der Waals surface area contributed by atoms with E-state index in [1.807, 2.05) is 24.0 Å². The molecule has 3 aromatic rings. The molecule has 1 unspecified atom stereocenters. The first-order chi connectivity index (χ1) is 25.6. The molecule has 1 atom stereocenters. The lowest BCUT2D eigenvalue weighted by molar-refractivity contribution is -0.143. The SMILES string of the molecule is CCCCN(CCCC)CC(Cc1c(C)c2ccc(NC(=O)N(CCCC)CCCC)cc2oc1=O)OC(=O)C=Cc1cc(OC)c(OC)c(OC)c1. The van der Waals surface area contributed by atoms with E-state index in [1.165, 1.54) is 27.4 Å². The van der Waals surface area contributed by atoms with Gasteiger partial charge in [-0.25, -0.2) is 14.4 Å². The predicted octanol–water partition coefficient (Wildman–Crippen LogP) is 8.63. The number of hydrogen-bond acceptors (Lipinski definition) is 9. The van der Waals surface area contributed by atoms with Crippen molar-refractivity contribution in [3.05, 3.63) is 63.5 Å². The number of rotatable bonds is 23. The van der Waals surface area contributed by atoms with Gasteiger partial charge in [0.15, 0.2) is 11.5 Å². The van der Waals surface area contributed by atoms with Crippen LogP contribution in [0.3, 0.4) is 0 Å². The van der Waals surface area contributed by atoms with Crippen LogP contribution in [0.25, 0.3) is 17.0 Å². The second-order valence-corrected chi connectivity index (χ2v) is 13.4. The number of unbranched alkanes of at least 4 members (excludes halogenated alkanes) is 4. The van der Waals surface area contributed by atoms with Gasteiger partial charge in [-0.1, -0.05) is 53.4 Å². The van der Waals surface area contributed by atoms with E-state index in [0.29, 0.717) is 59.3 Å². The number of carbonyl (C=O) groups excluding carboxylic acids is 2. The van der Waals surface area contributed by atoms with E-state index >= 15 is 0 Å². The highest BCUT2D eigenvalue weighted by atomic mass is 16.5. The number of urea groups is 1. The Hall–Kier alpha value is -4.51. The van der Waals surface area contributed by atoms with Crippen LogP contribution in [0.1, 0.15) is 95.8 Å². The zero-order valence-electron chi connectivity index (χ0n) is 33.2. The van der Waals surface area contributed by atoms with Crippen molar-refractivity contribution < 1.29 is 33.0 Å². The number of esters is 1. The highest BCUT2D eigenvalue weighted by Gasteiger charge is 2.23. The molecule has 0 saturated heterocycles. The van der Waals surface area contributed by atoms with E-state index < -0.39 is 17.7 Å². The summed E-state index contributed by atoms with van der Waals surface area (Å²) >= 11 is 0. The predicted molar refractivity (Wildman–Crippen MR) is 213 cm³/mol. The average Bonchev–Trinajstić information content (AvgIpc) is 3.15. The molecule has 0 spiro atoms. The Morgan fingerprint density at radius 2 is 1.42 bits per heavy atom. The first-order valence-electron chi connectivity index (χ1n) is 19.2. The Morgan fingerprint density at radius 3 is 1.96 bits per heavy atom. The van der Waals surface area contributed by atoms with Crippen LogP contribution in [0.4, 0.5) is 10.5 Å². The number of hydrogen-bond donors (Lipinski definition) is 1. The van der Waals surface area contributed by atoms with Crippen LogP contribution in [0, 0.1) is 6.92 Å². The number of carbonyl (C=O) groups is 2. The van der Waals surface area contributed by atoms with Crippen LogP contribution < -0.4 is 25.2 Å². The van der Waals surface area contributed by atoms with Crippen LogP contribution in [0.15, 0.2) is 45.6 Å². The van der Waals surface area contributed by atoms with Crippen molar-refractivity contribution in [2.45, 2.75) is 98.5 Å². The molecule has 53 heavy (non-hydrogen) atoms. The first kappa shape index (κ1) is 42.9. The number of methoxy groups -OCH3 is 3. The minimum atomic E-state index is -0.615. The molecular weight excluding hydrogens is 674 g/mol. The van der Waals surface area contributed by atoms with Crippen LogP contribution >= 0.6 is 0 Å². The number of nitrogens with one attached hydrogen (secondary N) is 1. The summed E-state index contributed by atoms with van der Waals surface area (Å²) in [7, 11) is 4.60. The zero-order chi connectivity index (χ0) is 38.8. The van der Waals surface area contributed by atoms with Crippen molar-refractivity contribution in [2.24, 2.45) is 0 Å². The zero-order valence-corrected chi connectivity index (χ0v) is 33.2. The maximum absolute atomic E-state index is 13.6. The molecule has 0 radical (unpaired) electrons. The first-order valence-corrected chi connectivity index (χ1v) is 19.2. The molecule has 0 bridgehead atoms. The third-order valence-electron chi connectivity index (χ3n) is 9.32. The summed E-state index contributed by atoms with van der Waals surface area (Å²) < 4.78 is 28.3. The highest BCUT2D eigenvalue weighted by Crippen LogP contribution is 2.38. The van der Waals surface area contributed by atoms with Crippen molar-refractivity contribution in [2.75, 3.05) is 59.4 Å². The molecule has 0 saturated carbocycles. The Balaban J connectivity index is 1.91. The summed E-state index contributed by atoms with van der Waals surface area (Å²) in [6.45, 7) is 14.0. The summed E-state index contributed by atoms with van der Waals surface area (Å²) in [5, 5.41) is 3.75. The molecule has 11 heteroatoms. The standard InChI is InChI=1S/C42H61N3O8/c1-9-13-21-44(22-14-10-2)29-33(52-39(46)20-17-31-25-37(49-6)40(51-8)38(26-31)50-7)28-35-30(5)34-19-18-32(27-36(34)53-41(35)47)43-42(48)45(23-15-11-3)24-16-12-4/h17-20,25-27,33H,9-16,21-24,28-29H2,1-8H3,(H,43,48). The van der Waals surface area contributed by atoms with Gasteiger partial charge in [-0.15, -0.1) is 0 Å². The fourth-order valence-corrected chi connectivity index (χ4v) is 6.21. The van der Waals surface area contributed by atoms with Gasteiger partial charge in [0.25, 0.3) is 0 Å². The van der Waals surface area contributed by atoms with Gasteiger partial charge in [-0.2, -0.15) is 0 Å². The molecule has 1 aromatic heterocycles. The van der Waals surface area contributed by atoms with E-state index in [0.717, 1.165) is 75.4 Å². The van der Waals surface area contributed by atoms with E-state index in [1.54, 1.807) is 24.3 Å². The Bertz CT molecular complexity index is 1660. The van der Waals surface area contributed by atoms with Crippen LogP contribution in [0.5, 0.6) is 17.2 Å². The van der Waals surface area contributed by atoms with Crippen molar-refractivity contribution in [1.82, 2.24) is 9.80 Å². The summed E-state index contributed by atoms with van der Waals surface area (Å²) in [4.78, 5) is 44.3. The van der Waals surface area contributed by atoms with E-state index in [4.69, 9.17) is 23.4 Å². The number of nitrogens with zero attached hydrogens (tertiary/aromatic N) is 2. The maximum Gasteiger partial charge on any atom is 0.339 e. The summed E-state index contributed by atoms with van der Waals surface area (Å²) in [6, 6.07) is 8.72. The fraction of sp³-hybridized carbons (Fsp3) is 0.548. The Labute approximate surface area is 315 Å². The van der Waals surface area contributed by atoms with Gasteiger partial charge in [0.1, 0.15) is 11.7 Å². The van der Waals surface area contributed by atoms with Gasteiger partial charge >= 0.3 is 17.6 Å². The van der Waals surface area contributed by atoms with Crippen LogP contribution in [0.2, 0.25) is 0 Å². The molecule has 2 aromatic carbocycles. The lowest BCUT2D eigenvalue weighted by Gasteiger charge is -2.27. The fourth-order valence-electron chi connectivity index (χ4n) is 6.21. The molecule has 0 fully saturated rings. The van der Waals surface area contributed by atoms with Crippen LogP contribution in [-0.2, 0) is 16.0 Å². The molecule has 11 nitrogen and oxygen atoms in total. The Morgan fingerprint density at radius 1 is 0.830 bits per heavy atom. The monoisotopic (exact) mass is 735 g/mol. The second-order valence-electron chi connectivity index (χ2n) is 13.4. The normalized spacial score (nSPS) is 11.9. The number of fused-ring (bicyclic) bond motifs is 1. The molecule has 292 valence electrons. The van der Waals surface area contributed by atoms with Crippen molar-refractivity contribution >= 4 is 34.7 Å². The molecular formula is C42H61N3O8. The molecule has 1 N–H and O–H groups in total.